The predicted molar refractivity (Wildman–Crippen MR) is 53.3 cm³/mol. The number of hydrogen-bond donors (Lipinski definition) is 0. The van der Waals surface area contributed by atoms with Crippen LogP contribution in [-0.4, -0.2) is 56.0 Å². The lowest BCUT2D eigenvalue weighted by molar-refractivity contribution is -0.132. The smallest absolute Gasteiger partial charge is 0.237 e. The molecule has 6 heteroatoms. The Morgan fingerprint density at radius 2 is 2.00 bits per heavy atom. The standard InChI is InChI=1S/C8H16N2O3S/c1-3-6-14(12,13)10-5-4-9(2)8(11)7-10/h3-7H2,1-2H3. The van der Waals surface area contributed by atoms with Gasteiger partial charge in [0.05, 0.1) is 12.3 Å². The minimum absolute atomic E-state index is 0.00116. The van der Waals surface area contributed by atoms with Crippen LogP contribution in [0.2, 0.25) is 0 Å². The summed E-state index contributed by atoms with van der Waals surface area (Å²) in [6, 6.07) is 0. The Morgan fingerprint density at radius 3 is 2.50 bits per heavy atom. The van der Waals surface area contributed by atoms with Gasteiger partial charge in [0.15, 0.2) is 0 Å². The zero-order valence-corrected chi connectivity index (χ0v) is 9.38. The number of likely N-dealkylation sites (N-methyl/N-ethyl adjacent to an activating group) is 1. The van der Waals surface area contributed by atoms with Crippen molar-refractivity contribution >= 4 is 15.9 Å². The maximum absolute atomic E-state index is 11.6. The van der Waals surface area contributed by atoms with Crippen molar-refractivity contribution in [3.05, 3.63) is 0 Å². The molecular weight excluding hydrogens is 204 g/mol. The maximum Gasteiger partial charge on any atom is 0.237 e. The molecule has 1 rings (SSSR count). The van der Waals surface area contributed by atoms with Crippen LogP contribution in [0.5, 0.6) is 0 Å². The van der Waals surface area contributed by atoms with E-state index in [0.717, 1.165) is 0 Å². The number of carbonyl (C=O) groups is 1. The average molecular weight is 220 g/mol. The van der Waals surface area contributed by atoms with Gasteiger partial charge in [-0.2, -0.15) is 4.31 Å². The first-order valence-corrected chi connectivity index (χ1v) is 6.30. The molecule has 1 saturated heterocycles. The third kappa shape index (κ3) is 2.45. The topological polar surface area (TPSA) is 57.7 Å². The Hall–Kier alpha value is -0.620. The number of piperazine rings is 1. The van der Waals surface area contributed by atoms with Gasteiger partial charge in [0.1, 0.15) is 0 Å². The highest BCUT2D eigenvalue weighted by molar-refractivity contribution is 7.89. The molecule has 0 aromatic rings. The fourth-order valence-corrected chi connectivity index (χ4v) is 2.80. The first-order valence-electron chi connectivity index (χ1n) is 4.69. The first-order chi connectivity index (χ1) is 6.47. The van der Waals surface area contributed by atoms with E-state index in [2.05, 4.69) is 0 Å². The molecule has 1 aliphatic rings. The van der Waals surface area contributed by atoms with E-state index >= 15 is 0 Å². The minimum Gasteiger partial charge on any atom is -0.343 e. The van der Waals surface area contributed by atoms with Crippen LogP contribution in [0.3, 0.4) is 0 Å². The molecule has 0 bridgehead atoms. The van der Waals surface area contributed by atoms with Crippen molar-refractivity contribution in [3.63, 3.8) is 0 Å². The van der Waals surface area contributed by atoms with E-state index in [1.165, 1.54) is 4.31 Å². The van der Waals surface area contributed by atoms with Crippen LogP contribution < -0.4 is 0 Å². The van der Waals surface area contributed by atoms with Crippen molar-refractivity contribution in [3.8, 4) is 0 Å². The summed E-state index contributed by atoms with van der Waals surface area (Å²) in [6.07, 6.45) is 0.586. The predicted octanol–water partition coefficient (Wildman–Crippen LogP) is -0.500. The number of carbonyl (C=O) groups excluding carboxylic acids is 1. The van der Waals surface area contributed by atoms with Crippen molar-refractivity contribution in [2.45, 2.75) is 13.3 Å². The maximum atomic E-state index is 11.6. The molecule has 0 atom stereocenters. The molecule has 0 unspecified atom stereocenters. The molecule has 14 heavy (non-hydrogen) atoms. The van der Waals surface area contributed by atoms with Gasteiger partial charge >= 0.3 is 0 Å². The van der Waals surface area contributed by atoms with Gasteiger partial charge in [-0.3, -0.25) is 4.79 Å². The second kappa shape index (κ2) is 4.27. The van der Waals surface area contributed by atoms with Crippen molar-refractivity contribution in [2.24, 2.45) is 0 Å². The summed E-state index contributed by atoms with van der Waals surface area (Å²) < 4.78 is 24.5. The van der Waals surface area contributed by atoms with E-state index in [-0.39, 0.29) is 18.2 Å². The number of sulfonamides is 1. The number of rotatable bonds is 3. The van der Waals surface area contributed by atoms with Crippen molar-refractivity contribution in [2.75, 3.05) is 32.4 Å². The third-order valence-electron chi connectivity index (χ3n) is 2.28. The number of amides is 1. The molecule has 1 amide bonds. The largest absolute Gasteiger partial charge is 0.343 e. The van der Waals surface area contributed by atoms with Gasteiger partial charge in [-0.1, -0.05) is 6.92 Å². The molecule has 0 radical (unpaired) electrons. The lowest BCUT2D eigenvalue weighted by atomic mass is 10.4. The molecule has 0 aromatic carbocycles. The third-order valence-corrected chi connectivity index (χ3v) is 4.30. The van der Waals surface area contributed by atoms with E-state index in [1.54, 1.807) is 11.9 Å². The Kier molecular flexibility index (Phi) is 3.49. The summed E-state index contributed by atoms with van der Waals surface area (Å²) in [6.45, 7) is 2.72. The molecule has 5 nitrogen and oxygen atoms in total. The van der Waals surface area contributed by atoms with Crippen LogP contribution in [0.25, 0.3) is 0 Å². The van der Waals surface area contributed by atoms with Crippen molar-refractivity contribution in [1.82, 2.24) is 9.21 Å². The number of hydrogen-bond acceptors (Lipinski definition) is 3. The van der Waals surface area contributed by atoms with Crippen LogP contribution in [0.15, 0.2) is 0 Å². The highest BCUT2D eigenvalue weighted by Gasteiger charge is 2.29. The van der Waals surface area contributed by atoms with Gasteiger partial charge in [-0.05, 0) is 6.42 Å². The Morgan fingerprint density at radius 1 is 1.36 bits per heavy atom. The summed E-state index contributed by atoms with van der Waals surface area (Å²) in [5.41, 5.74) is 0. The second-order valence-corrected chi connectivity index (χ2v) is 5.55. The SMILES string of the molecule is CCCS(=O)(=O)N1CCN(C)C(=O)C1. The Labute approximate surface area is 84.7 Å². The molecule has 0 saturated carbocycles. The fraction of sp³-hybridized carbons (Fsp3) is 0.875. The molecule has 1 heterocycles. The monoisotopic (exact) mass is 220 g/mol. The molecule has 0 aromatic heterocycles. The fourth-order valence-electron chi connectivity index (χ4n) is 1.36. The summed E-state index contributed by atoms with van der Waals surface area (Å²) in [5, 5.41) is 0. The van der Waals surface area contributed by atoms with Crippen molar-refractivity contribution in [1.29, 1.82) is 0 Å². The first kappa shape index (κ1) is 11.5. The van der Waals surface area contributed by atoms with Crippen LogP contribution in [0.1, 0.15) is 13.3 Å². The molecule has 82 valence electrons. The van der Waals surface area contributed by atoms with Crippen LogP contribution in [0.4, 0.5) is 0 Å². The zero-order valence-electron chi connectivity index (χ0n) is 8.56. The minimum atomic E-state index is -3.20. The van der Waals surface area contributed by atoms with E-state index in [0.29, 0.717) is 19.5 Å². The molecule has 1 fully saturated rings. The van der Waals surface area contributed by atoms with Gasteiger partial charge in [0.2, 0.25) is 15.9 Å². The lowest BCUT2D eigenvalue weighted by Gasteiger charge is -2.31. The zero-order chi connectivity index (χ0) is 10.8. The van der Waals surface area contributed by atoms with E-state index in [4.69, 9.17) is 0 Å². The quantitative estimate of drug-likeness (QED) is 0.644. The van der Waals surface area contributed by atoms with Crippen LogP contribution in [0, 0.1) is 0 Å². The highest BCUT2D eigenvalue weighted by Crippen LogP contribution is 2.08. The van der Waals surface area contributed by atoms with Gasteiger partial charge in [0.25, 0.3) is 0 Å². The van der Waals surface area contributed by atoms with Crippen molar-refractivity contribution < 1.29 is 13.2 Å². The van der Waals surface area contributed by atoms with Gasteiger partial charge < -0.3 is 4.90 Å². The van der Waals surface area contributed by atoms with E-state index in [1.807, 2.05) is 6.92 Å². The lowest BCUT2D eigenvalue weighted by Crippen LogP contribution is -2.51. The number of nitrogens with zero attached hydrogens (tertiary/aromatic N) is 2. The average Bonchev–Trinajstić information content (AvgIpc) is 2.09. The molecule has 0 N–H and O–H groups in total. The van der Waals surface area contributed by atoms with Gasteiger partial charge in [-0.25, -0.2) is 8.42 Å². The molecule has 0 spiro atoms. The Bertz CT molecular complexity index is 313. The second-order valence-electron chi connectivity index (χ2n) is 3.46. The molecular formula is C8H16N2O3S. The van der Waals surface area contributed by atoms with Crippen LogP contribution >= 0.6 is 0 Å². The summed E-state index contributed by atoms with van der Waals surface area (Å²) in [4.78, 5) is 12.8. The van der Waals surface area contributed by atoms with Crippen LogP contribution in [-0.2, 0) is 14.8 Å². The summed E-state index contributed by atoms with van der Waals surface area (Å²) in [7, 11) is -1.52. The van der Waals surface area contributed by atoms with Gasteiger partial charge in [0, 0.05) is 20.1 Å². The normalized spacial score (nSPS) is 20.1. The summed E-state index contributed by atoms with van der Waals surface area (Å²) >= 11 is 0. The van der Waals surface area contributed by atoms with E-state index in [9.17, 15) is 13.2 Å². The molecule has 0 aliphatic carbocycles. The Balaban J connectivity index is 2.68. The van der Waals surface area contributed by atoms with E-state index < -0.39 is 10.0 Å². The molecule has 1 aliphatic heterocycles. The highest BCUT2D eigenvalue weighted by atomic mass is 32.2. The van der Waals surface area contributed by atoms with Gasteiger partial charge in [-0.15, -0.1) is 0 Å². The summed E-state index contributed by atoms with van der Waals surface area (Å²) in [5.74, 6) is 0.000192.